The number of nitrogens with one attached hydrogen (secondary N) is 2. The molecule has 0 atom stereocenters. The maximum Gasteiger partial charge on any atom is 0.270 e. The lowest BCUT2D eigenvalue weighted by Gasteiger charge is -2.06. The molecule has 9 heteroatoms. The highest BCUT2D eigenvalue weighted by atomic mass is 16.6. The molecule has 1 amide bonds. The van der Waals surface area contributed by atoms with E-state index in [-0.39, 0.29) is 17.4 Å². The van der Waals surface area contributed by atoms with Gasteiger partial charge in [-0.25, -0.2) is 0 Å². The van der Waals surface area contributed by atoms with Gasteiger partial charge in [0, 0.05) is 34.5 Å². The first-order chi connectivity index (χ1) is 15.9. The van der Waals surface area contributed by atoms with Gasteiger partial charge in [-0.1, -0.05) is 24.3 Å². The number of ketones is 1. The Morgan fingerprint density at radius 1 is 1.15 bits per heavy atom. The molecule has 2 aromatic heterocycles. The Kier molecular flexibility index (Phi) is 5.94. The van der Waals surface area contributed by atoms with Gasteiger partial charge >= 0.3 is 0 Å². The number of aromatic amines is 1. The van der Waals surface area contributed by atoms with Gasteiger partial charge in [0.1, 0.15) is 5.76 Å². The summed E-state index contributed by atoms with van der Waals surface area (Å²) in [7, 11) is 0. The third-order valence-corrected chi connectivity index (χ3v) is 4.94. The molecule has 164 valence electrons. The second kappa shape index (κ2) is 9.15. The van der Waals surface area contributed by atoms with Crippen LogP contribution in [0.3, 0.4) is 0 Å². The Morgan fingerprint density at radius 2 is 1.97 bits per heavy atom. The first kappa shape index (κ1) is 21.4. The van der Waals surface area contributed by atoms with Crippen molar-refractivity contribution in [1.29, 1.82) is 0 Å². The highest BCUT2D eigenvalue weighted by Gasteiger charge is 2.13. The number of H-pyrrole nitrogens is 1. The number of aromatic nitrogens is 2. The van der Waals surface area contributed by atoms with Crippen molar-refractivity contribution >= 4 is 29.1 Å². The number of nitro groups is 1. The van der Waals surface area contributed by atoms with E-state index in [1.165, 1.54) is 30.7 Å². The van der Waals surface area contributed by atoms with Crippen LogP contribution in [0.2, 0.25) is 0 Å². The fraction of sp³-hybridized carbons (Fsp3) is 0.0417. The standard InChI is InChI=1S/C24H18N4O5/c1-15-21(10-11-33-15)24(30)26-19-6-2-4-16(12-19)22(29)9-8-18-14-25-27-23(18)17-5-3-7-20(13-17)28(31)32/h2-14H,1H3,(H,25,27)(H,26,30)/b9-8+. The molecule has 2 heterocycles. The summed E-state index contributed by atoms with van der Waals surface area (Å²) in [6.45, 7) is 1.69. The highest BCUT2D eigenvalue weighted by molar-refractivity contribution is 6.09. The molecule has 0 aliphatic rings. The van der Waals surface area contributed by atoms with Gasteiger partial charge < -0.3 is 9.73 Å². The fourth-order valence-corrected chi connectivity index (χ4v) is 3.26. The predicted octanol–water partition coefficient (Wildman–Crippen LogP) is 5.03. The third-order valence-electron chi connectivity index (χ3n) is 4.94. The van der Waals surface area contributed by atoms with Crippen LogP contribution in [0.4, 0.5) is 11.4 Å². The van der Waals surface area contributed by atoms with Gasteiger partial charge in [-0.3, -0.25) is 24.8 Å². The summed E-state index contributed by atoms with van der Waals surface area (Å²) in [5.41, 5.74) is 2.96. The largest absolute Gasteiger partial charge is 0.469 e. The van der Waals surface area contributed by atoms with Crippen molar-refractivity contribution in [2.75, 3.05) is 5.32 Å². The summed E-state index contributed by atoms with van der Waals surface area (Å²) in [6.07, 6.45) is 5.93. The van der Waals surface area contributed by atoms with E-state index in [1.54, 1.807) is 55.5 Å². The van der Waals surface area contributed by atoms with E-state index in [4.69, 9.17) is 4.42 Å². The quantitative estimate of drug-likeness (QED) is 0.178. The molecule has 9 nitrogen and oxygen atoms in total. The van der Waals surface area contributed by atoms with Crippen molar-refractivity contribution in [3.8, 4) is 11.3 Å². The second-order valence-corrected chi connectivity index (χ2v) is 7.13. The smallest absolute Gasteiger partial charge is 0.270 e. The minimum absolute atomic E-state index is 0.0439. The zero-order valence-corrected chi connectivity index (χ0v) is 17.4. The maximum atomic E-state index is 12.7. The molecule has 0 aliphatic carbocycles. The molecule has 0 unspecified atom stereocenters. The van der Waals surface area contributed by atoms with Crippen LogP contribution >= 0.6 is 0 Å². The molecule has 4 aromatic rings. The van der Waals surface area contributed by atoms with Crippen molar-refractivity contribution in [1.82, 2.24) is 10.2 Å². The monoisotopic (exact) mass is 442 g/mol. The van der Waals surface area contributed by atoms with Crippen molar-refractivity contribution < 1.29 is 18.9 Å². The van der Waals surface area contributed by atoms with Crippen molar-refractivity contribution in [2.24, 2.45) is 0 Å². The molecule has 2 N–H and O–H groups in total. The van der Waals surface area contributed by atoms with E-state index >= 15 is 0 Å². The van der Waals surface area contributed by atoms with Crippen LogP contribution in [0.1, 0.15) is 32.0 Å². The van der Waals surface area contributed by atoms with Crippen LogP contribution in [-0.2, 0) is 0 Å². The predicted molar refractivity (Wildman–Crippen MR) is 122 cm³/mol. The number of amides is 1. The van der Waals surface area contributed by atoms with Crippen LogP contribution in [-0.4, -0.2) is 26.8 Å². The van der Waals surface area contributed by atoms with E-state index < -0.39 is 4.92 Å². The molecule has 0 saturated carbocycles. The number of carbonyl (C=O) groups excluding carboxylic acids is 2. The maximum absolute atomic E-state index is 12.7. The summed E-state index contributed by atoms with van der Waals surface area (Å²) in [4.78, 5) is 35.7. The lowest BCUT2D eigenvalue weighted by Crippen LogP contribution is -2.12. The Balaban J connectivity index is 1.51. The zero-order chi connectivity index (χ0) is 23.4. The van der Waals surface area contributed by atoms with Crippen LogP contribution in [0.25, 0.3) is 17.3 Å². The Bertz CT molecular complexity index is 1380. The number of benzene rings is 2. The molecule has 2 aromatic carbocycles. The molecular formula is C24H18N4O5. The van der Waals surface area contributed by atoms with Gasteiger partial charge in [0.2, 0.25) is 0 Å². The summed E-state index contributed by atoms with van der Waals surface area (Å²) in [6, 6.07) is 14.3. The minimum Gasteiger partial charge on any atom is -0.469 e. The minimum atomic E-state index is -0.474. The molecule has 33 heavy (non-hydrogen) atoms. The second-order valence-electron chi connectivity index (χ2n) is 7.13. The van der Waals surface area contributed by atoms with Crippen LogP contribution in [0, 0.1) is 17.0 Å². The number of non-ortho nitro benzene ring substituents is 1. The van der Waals surface area contributed by atoms with Crippen LogP contribution < -0.4 is 5.32 Å². The van der Waals surface area contributed by atoms with E-state index in [0.29, 0.717) is 39.4 Å². The summed E-state index contributed by atoms with van der Waals surface area (Å²) in [5.74, 6) is -0.111. The number of hydrogen-bond acceptors (Lipinski definition) is 6. The van der Waals surface area contributed by atoms with Crippen LogP contribution in [0.15, 0.2) is 77.6 Å². The van der Waals surface area contributed by atoms with Crippen LogP contribution in [0.5, 0.6) is 0 Å². The van der Waals surface area contributed by atoms with E-state index in [0.717, 1.165) is 0 Å². The van der Waals surface area contributed by atoms with Crippen molar-refractivity contribution in [3.05, 3.63) is 106 Å². The van der Waals surface area contributed by atoms with Gasteiger partial charge in [0.25, 0.3) is 11.6 Å². The van der Waals surface area contributed by atoms with Gasteiger partial charge in [-0.05, 0) is 37.3 Å². The number of furan rings is 1. The number of carbonyl (C=O) groups is 2. The average molecular weight is 442 g/mol. The molecule has 0 saturated heterocycles. The molecule has 0 bridgehead atoms. The molecule has 0 radical (unpaired) electrons. The average Bonchev–Trinajstić information content (AvgIpc) is 3.46. The lowest BCUT2D eigenvalue weighted by molar-refractivity contribution is -0.384. The number of nitrogens with zero attached hydrogens (tertiary/aromatic N) is 2. The Morgan fingerprint density at radius 3 is 2.73 bits per heavy atom. The SMILES string of the molecule is Cc1occc1C(=O)Nc1cccc(C(=O)/C=C/c2cn[nH]c2-c2cccc([N+](=O)[O-])c2)c1. The van der Waals surface area contributed by atoms with Gasteiger partial charge in [-0.15, -0.1) is 0 Å². The summed E-state index contributed by atoms with van der Waals surface area (Å²) >= 11 is 0. The summed E-state index contributed by atoms with van der Waals surface area (Å²) < 4.78 is 5.15. The Labute approximate surface area is 187 Å². The fourth-order valence-electron chi connectivity index (χ4n) is 3.26. The number of rotatable bonds is 7. The van der Waals surface area contributed by atoms with Gasteiger partial charge in [-0.2, -0.15) is 5.10 Å². The number of aryl methyl sites for hydroxylation is 1. The summed E-state index contributed by atoms with van der Waals surface area (Å²) in [5, 5.41) is 20.6. The number of allylic oxidation sites excluding steroid dienone is 1. The molecule has 4 rings (SSSR count). The lowest BCUT2D eigenvalue weighted by atomic mass is 10.1. The van der Waals surface area contributed by atoms with Gasteiger partial charge in [0.05, 0.1) is 28.6 Å². The molecule has 0 spiro atoms. The van der Waals surface area contributed by atoms with E-state index in [1.807, 2.05) is 0 Å². The molecule has 0 fully saturated rings. The topological polar surface area (TPSA) is 131 Å². The van der Waals surface area contributed by atoms with Crippen molar-refractivity contribution in [3.63, 3.8) is 0 Å². The first-order valence-corrected chi connectivity index (χ1v) is 9.88. The van der Waals surface area contributed by atoms with E-state index in [9.17, 15) is 19.7 Å². The first-order valence-electron chi connectivity index (χ1n) is 9.88. The number of nitro benzene ring substituents is 1. The number of hydrogen-bond donors (Lipinski definition) is 2. The molecular weight excluding hydrogens is 424 g/mol. The zero-order valence-electron chi connectivity index (χ0n) is 17.4. The Hall–Kier alpha value is -4.79. The van der Waals surface area contributed by atoms with Gasteiger partial charge in [0.15, 0.2) is 5.78 Å². The highest BCUT2D eigenvalue weighted by Crippen LogP contribution is 2.26. The molecule has 0 aliphatic heterocycles. The normalized spacial score (nSPS) is 10.9. The van der Waals surface area contributed by atoms with Crippen molar-refractivity contribution in [2.45, 2.75) is 6.92 Å². The van der Waals surface area contributed by atoms with E-state index in [2.05, 4.69) is 15.5 Å². The third kappa shape index (κ3) is 4.77. The number of anilines is 1.